The van der Waals surface area contributed by atoms with Gasteiger partial charge in [0.05, 0.1) is 6.61 Å². The Morgan fingerprint density at radius 2 is 2.38 bits per heavy atom. The number of aliphatic hydroxyl groups is 2. The van der Waals surface area contributed by atoms with Gasteiger partial charge in [-0.25, -0.2) is 0 Å². The molecule has 0 rings (SSSR count). The lowest BCUT2D eigenvalue weighted by Gasteiger charge is -2.06. The van der Waals surface area contributed by atoms with Gasteiger partial charge in [-0.1, -0.05) is 0 Å². The van der Waals surface area contributed by atoms with Gasteiger partial charge in [0.25, 0.3) is 0 Å². The van der Waals surface area contributed by atoms with Gasteiger partial charge in [-0.3, -0.25) is 5.32 Å². The first-order valence-electron chi connectivity index (χ1n) is 2.35. The number of aliphatic hydroxyl groups excluding tert-OH is 2. The van der Waals surface area contributed by atoms with Gasteiger partial charge in [0, 0.05) is 0 Å². The summed E-state index contributed by atoms with van der Waals surface area (Å²) in [6, 6.07) is 0. The molecule has 0 aliphatic heterocycles. The normalized spacial score (nSPS) is 13.9. The van der Waals surface area contributed by atoms with Crippen molar-refractivity contribution in [3.63, 3.8) is 0 Å². The molecule has 4 heteroatoms. The number of rotatable bonds is 4. The second kappa shape index (κ2) is 4.99. The molecule has 1 unspecified atom stereocenters. The Hall–Kier alpha value is -0.160. The third kappa shape index (κ3) is 4.01. The van der Waals surface area contributed by atoms with Crippen molar-refractivity contribution in [3.05, 3.63) is 0 Å². The zero-order valence-corrected chi connectivity index (χ0v) is 4.79. The minimum absolute atomic E-state index is 0.118. The Bertz CT molecular complexity index is 50.5. The molecule has 1 atom stereocenters. The molecular formula is C4H11NO3. The van der Waals surface area contributed by atoms with Crippen LogP contribution in [0.15, 0.2) is 0 Å². The molecule has 0 heterocycles. The molecule has 8 heavy (non-hydrogen) atoms. The third-order valence-corrected chi connectivity index (χ3v) is 0.700. The lowest BCUT2D eigenvalue weighted by molar-refractivity contribution is -0.0478. The fraction of sp³-hybridized carbons (Fsp3) is 1.00. The fourth-order valence-electron chi connectivity index (χ4n) is 0.248. The van der Waals surface area contributed by atoms with Crippen molar-refractivity contribution in [1.82, 2.24) is 5.32 Å². The van der Waals surface area contributed by atoms with Crippen LogP contribution in [0.25, 0.3) is 0 Å². The maximum atomic E-state index is 8.64. The molecule has 0 aromatic carbocycles. The SMILES string of the molecule is CNC(O)COCO. The first kappa shape index (κ1) is 7.84. The first-order chi connectivity index (χ1) is 3.81. The Morgan fingerprint density at radius 1 is 1.75 bits per heavy atom. The average Bonchev–Trinajstić information content (AvgIpc) is 1.83. The molecule has 4 nitrogen and oxygen atoms in total. The highest BCUT2D eigenvalue weighted by atomic mass is 16.6. The molecule has 0 aliphatic carbocycles. The van der Waals surface area contributed by atoms with Crippen LogP contribution >= 0.6 is 0 Å². The molecule has 0 saturated heterocycles. The third-order valence-electron chi connectivity index (χ3n) is 0.700. The summed E-state index contributed by atoms with van der Waals surface area (Å²) in [5, 5.41) is 19.2. The maximum Gasteiger partial charge on any atom is 0.143 e. The van der Waals surface area contributed by atoms with Crippen LogP contribution < -0.4 is 5.32 Å². The van der Waals surface area contributed by atoms with Crippen LogP contribution in [0.5, 0.6) is 0 Å². The van der Waals surface area contributed by atoms with E-state index in [-0.39, 0.29) is 13.4 Å². The minimum Gasteiger partial charge on any atom is -0.376 e. The summed E-state index contributed by atoms with van der Waals surface area (Å²) in [6.45, 7) is -0.230. The van der Waals surface area contributed by atoms with Crippen molar-refractivity contribution >= 4 is 0 Å². The summed E-state index contributed by atoms with van der Waals surface area (Å²) in [5.41, 5.74) is 0. The number of nitrogens with one attached hydrogen (secondary N) is 1. The van der Waals surface area contributed by atoms with Crippen molar-refractivity contribution in [2.45, 2.75) is 6.23 Å². The molecule has 0 bridgehead atoms. The van der Waals surface area contributed by atoms with Crippen molar-refractivity contribution in [1.29, 1.82) is 0 Å². The predicted molar refractivity (Wildman–Crippen MR) is 28.1 cm³/mol. The van der Waals surface area contributed by atoms with E-state index in [1.165, 1.54) is 0 Å². The summed E-state index contributed by atoms with van der Waals surface area (Å²) in [6.07, 6.45) is -0.679. The highest BCUT2D eigenvalue weighted by molar-refractivity contribution is 4.41. The molecular weight excluding hydrogens is 110 g/mol. The van der Waals surface area contributed by atoms with Gasteiger partial charge < -0.3 is 14.9 Å². The summed E-state index contributed by atoms with van der Waals surface area (Å²) < 4.78 is 4.43. The van der Waals surface area contributed by atoms with Gasteiger partial charge in [0.2, 0.25) is 0 Å². The van der Waals surface area contributed by atoms with E-state index in [0.717, 1.165) is 0 Å². The van der Waals surface area contributed by atoms with Gasteiger partial charge >= 0.3 is 0 Å². The smallest absolute Gasteiger partial charge is 0.143 e. The summed E-state index contributed by atoms with van der Waals surface area (Å²) in [5.74, 6) is 0. The molecule has 3 N–H and O–H groups in total. The standard InChI is InChI=1S/C4H11NO3/c1-5-4(7)2-8-3-6/h4-7H,2-3H2,1H3. The molecule has 0 aliphatic rings. The average molecular weight is 121 g/mol. The maximum absolute atomic E-state index is 8.64. The molecule has 0 fully saturated rings. The number of ether oxygens (including phenoxy) is 1. The van der Waals surface area contributed by atoms with Gasteiger partial charge in [0.1, 0.15) is 13.0 Å². The molecule has 0 radical (unpaired) electrons. The number of likely N-dealkylation sites (N-methyl/N-ethyl adjacent to an activating group) is 1. The monoisotopic (exact) mass is 121 g/mol. The second-order valence-electron chi connectivity index (χ2n) is 1.30. The van der Waals surface area contributed by atoms with E-state index in [1.54, 1.807) is 7.05 Å². The van der Waals surface area contributed by atoms with Crippen LogP contribution in [-0.4, -0.2) is 36.9 Å². The lowest BCUT2D eigenvalue weighted by Crippen LogP contribution is -2.29. The van der Waals surface area contributed by atoms with E-state index in [0.29, 0.717) is 0 Å². The molecule has 0 saturated carbocycles. The largest absolute Gasteiger partial charge is 0.376 e. The topological polar surface area (TPSA) is 61.7 Å². The quantitative estimate of drug-likeness (QED) is 0.396. The van der Waals surface area contributed by atoms with Gasteiger partial charge in [-0.05, 0) is 7.05 Å². The molecule has 0 aromatic heterocycles. The van der Waals surface area contributed by atoms with Crippen molar-refractivity contribution in [3.8, 4) is 0 Å². The van der Waals surface area contributed by atoms with Crippen LogP contribution in [0.1, 0.15) is 0 Å². The van der Waals surface area contributed by atoms with Gasteiger partial charge in [-0.15, -0.1) is 0 Å². The lowest BCUT2D eigenvalue weighted by atomic mass is 10.6. The van der Waals surface area contributed by atoms with Crippen LogP contribution in [-0.2, 0) is 4.74 Å². The van der Waals surface area contributed by atoms with E-state index in [4.69, 9.17) is 10.2 Å². The minimum atomic E-state index is -0.679. The van der Waals surface area contributed by atoms with Crippen LogP contribution in [0.4, 0.5) is 0 Å². The Labute approximate surface area is 48.1 Å². The van der Waals surface area contributed by atoms with Crippen molar-refractivity contribution in [2.24, 2.45) is 0 Å². The molecule has 0 aromatic rings. The molecule has 0 spiro atoms. The van der Waals surface area contributed by atoms with Crippen molar-refractivity contribution in [2.75, 3.05) is 20.4 Å². The number of hydrogen-bond acceptors (Lipinski definition) is 4. The van der Waals surface area contributed by atoms with E-state index in [2.05, 4.69) is 10.1 Å². The Kier molecular flexibility index (Phi) is 4.89. The van der Waals surface area contributed by atoms with Crippen molar-refractivity contribution < 1.29 is 14.9 Å². The highest BCUT2D eigenvalue weighted by Crippen LogP contribution is 1.75. The Morgan fingerprint density at radius 3 is 2.75 bits per heavy atom. The zero-order valence-electron chi connectivity index (χ0n) is 4.79. The van der Waals surface area contributed by atoms with Crippen LogP contribution in [0.2, 0.25) is 0 Å². The summed E-state index contributed by atoms with van der Waals surface area (Å²) in [7, 11) is 1.60. The summed E-state index contributed by atoms with van der Waals surface area (Å²) in [4.78, 5) is 0. The van der Waals surface area contributed by atoms with E-state index >= 15 is 0 Å². The highest BCUT2D eigenvalue weighted by Gasteiger charge is 1.95. The van der Waals surface area contributed by atoms with Gasteiger partial charge in [-0.2, -0.15) is 0 Å². The molecule has 50 valence electrons. The second-order valence-corrected chi connectivity index (χ2v) is 1.30. The fourth-order valence-corrected chi connectivity index (χ4v) is 0.248. The van der Waals surface area contributed by atoms with E-state index in [1.807, 2.05) is 0 Å². The van der Waals surface area contributed by atoms with E-state index in [9.17, 15) is 0 Å². The summed E-state index contributed by atoms with van der Waals surface area (Å²) >= 11 is 0. The Balaban J connectivity index is 2.86. The van der Waals surface area contributed by atoms with E-state index < -0.39 is 6.23 Å². The predicted octanol–water partition coefficient (Wildman–Crippen LogP) is -1.51. The first-order valence-corrected chi connectivity index (χ1v) is 2.35. The zero-order chi connectivity index (χ0) is 6.41. The van der Waals surface area contributed by atoms with Gasteiger partial charge in [0.15, 0.2) is 0 Å². The van der Waals surface area contributed by atoms with Crippen LogP contribution in [0, 0.1) is 0 Å². The molecule has 0 amide bonds. The number of hydrogen-bond donors (Lipinski definition) is 3. The van der Waals surface area contributed by atoms with Crippen LogP contribution in [0.3, 0.4) is 0 Å².